The van der Waals surface area contributed by atoms with Crippen LogP contribution in [0.1, 0.15) is 19.8 Å². The van der Waals surface area contributed by atoms with E-state index in [1.165, 1.54) is 25.0 Å². The molecule has 1 aromatic carbocycles. The van der Waals surface area contributed by atoms with E-state index in [2.05, 4.69) is 17.1 Å². The Kier molecular flexibility index (Phi) is 5.35. The van der Waals surface area contributed by atoms with E-state index in [-0.39, 0.29) is 18.3 Å². The average molecular weight is 280 g/mol. The topological polar surface area (TPSA) is 41.6 Å². The third-order valence-corrected chi connectivity index (χ3v) is 3.39. The molecule has 1 saturated carbocycles. The van der Waals surface area contributed by atoms with E-state index in [4.69, 9.17) is 4.74 Å². The molecule has 0 radical (unpaired) electrons. The zero-order chi connectivity index (χ0) is 14.4. The molecule has 1 N–H and O–H groups in total. The molecular weight excluding hydrogens is 259 g/mol. The highest BCUT2D eigenvalue weighted by molar-refractivity contribution is 5.77. The number of carbonyl (C=O) groups excluding carboxylic acids is 1. The Labute approximate surface area is 118 Å². The highest BCUT2D eigenvalue weighted by atomic mass is 19.1. The van der Waals surface area contributed by atoms with Crippen LogP contribution in [-0.2, 0) is 4.79 Å². The van der Waals surface area contributed by atoms with Gasteiger partial charge in [0.05, 0.1) is 0 Å². The van der Waals surface area contributed by atoms with E-state index in [0.29, 0.717) is 12.6 Å². The van der Waals surface area contributed by atoms with Crippen molar-refractivity contribution in [2.24, 2.45) is 0 Å². The van der Waals surface area contributed by atoms with Gasteiger partial charge in [0.15, 0.2) is 18.2 Å². The summed E-state index contributed by atoms with van der Waals surface area (Å²) in [5.41, 5.74) is 0. The maximum atomic E-state index is 13.3. The number of halogens is 1. The number of ether oxygens (including phenoxy) is 1. The third-order valence-electron chi connectivity index (χ3n) is 3.39. The molecule has 0 unspecified atom stereocenters. The van der Waals surface area contributed by atoms with Crippen LogP contribution in [0.15, 0.2) is 24.3 Å². The van der Waals surface area contributed by atoms with Crippen molar-refractivity contribution in [3.05, 3.63) is 30.1 Å². The molecule has 1 aliphatic rings. The number of benzene rings is 1. The third kappa shape index (κ3) is 4.49. The number of rotatable bonds is 8. The zero-order valence-electron chi connectivity index (χ0n) is 11.8. The predicted octanol–water partition coefficient (Wildman–Crippen LogP) is 1.80. The molecule has 0 aromatic heterocycles. The Hall–Kier alpha value is -1.62. The minimum atomic E-state index is -0.453. The van der Waals surface area contributed by atoms with E-state index in [1.807, 2.05) is 0 Å². The van der Waals surface area contributed by atoms with E-state index in [9.17, 15) is 9.18 Å². The normalized spacial score (nSPS) is 14.3. The molecule has 1 amide bonds. The standard InChI is InChI=1S/C15H21FN2O2/c1-2-18(12-7-8-12)10-9-17-15(19)11-20-14-6-4-3-5-13(14)16/h3-6,12H,2,7-11H2,1H3,(H,17,19). The zero-order valence-corrected chi connectivity index (χ0v) is 11.8. The highest BCUT2D eigenvalue weighted by Crippen LogP contribution is 2.25. The largest absolute Gasteiger partial charge is 0.481 e. The first-order valence-electron chi connectivity index (χ1n) is 7.08. The minimum Gasteiger partial charge on any atom is -0.481 e. The molecule has 0 atom stereocenters. The second-order valence-electron chi connectivity index (χ2n) is 4.93. The Bertz CT molecular complexity index is 449. The summed E-state index contributed by atoms with van der Waals surface area (Å²) in [6.45, 7) is 4.43. The van der Waals surface area contributed by atoms with Gasteiger partial charge >= 0.3 is 0 Å². The molecular formula is C15H21FN2O2. The van der Waals surface area contributed by atoms with Crippen LogP contribution in [0, 0.1) is 5.82 Å². The van der Waals surface area contributed by atoms with E-state index in [1.54, 1.807) is 12.1 Å². The Morgan fingerprint density at radius 1 is 1.45 bits per heavy atom. The van der Waals surface area contributed by atoms with Gasteiger partial charge in [-0.25, -0.2) is 4.39 Å². The lowest BCUT2D eigenvalue weighted by Crippen LogP contribution is -2.37. The number of amides is 1. The van der Waals surface area contributed by atoms with Crippen LogP contribution in [0.2, 0.25) is 0 Å². The van der Waals surface area contributed by atoms with Crippen molar-refractivity contribution in [3.8, 4) is 5.75 Å². The Morgan fingerprint density at radius 3 is 2.85 bits per heavy atom. The van der Waals surface area contributed by atoms with Gasteiger partial charge in [-0.2, -0.15) is 0 Å². The summed E-state index contributed by atoms with van der Waals surface area (Å²) >= 11 is 0. The van der Waals surface area contributed by atoms with Crippen LogP contribution in [0.4, 0.5) is 4.39 Å². The fourth-order valence-corrected chi connectivity index (χ4v) is 2.13. The van der Waals surface area contributed by atoms with Crippen molar-refractivity contribution >= 4 is 5.91 Å². The SMILES string of the molecule is CCN(CCNC(=O)COc1ccccc1F)C1CC1. The highest BCUT2D eigenvalue weighted by Gasteiger charge is 2.27. The average Bonchev–Trinajstić information content (AvgIpc) is 3.27. The van der Waals surface area contributed by atoms with E-state index >= 15 is 0 Å². The lowest BCUT2D eigenvalue weighted by atomic mass is 10.3. The van der Waals surface area contributed by atoms with E-state index < -0.39 is 5.82 Å². The smallest absolute Gasteiger partial charge is 0.257 e. The van der Waals surface area contributed by atoms with Crippen molar-refractivity contribution in [3.63, 3.8) is 0 Å². The second-order valence-corrected chi connectivity index (χ2v) is 4.93. The fourth-order valence-electron chi connectivity index (χ4n) is 2.13. The van der Waals surface area contributed by atoms with Crippen molar-refractivity contribution in [1.82, 2.24) is 10.2 Å². The maximum Gasteiger partial charge on any atom is 0.257 e. The molecule has 0 bridgehead atoms. The van der Waals surface area contributed by atoms with Crippen LogP contribution in [0.3, 0.4) is 0 Å². The molecule has 2 rings (SSSR count). The van der Waals surface area contributed by atoms with Crippen LogP contribution in [0.25, 0.3) is 0 Å². The molecule has 0 spiro atoms. The molecule has 5 heteroatoms. The van der Waals surface area contributed by atoms with Crippen molar-refractivity contribution < 1.29 is 13.9 Å². The van der Waals surface area contributed by atoms with Crippen LogP contribution < -0.4 is 10.1 Å². The Morgan fingerprint density at radius 2 is 2.20 bits per heavy atom. The molecule has 1 aromatic rings. The number of likely N-dealkylation sites (N-methyl/N-ethyl adjacent to an activating group) is 1. The first-order chi connectivity index (χ1) is 9.70. The summed E-state index contributed by atoms with van der Waals surface area (Å²) < 4.78 is 18.4. The molecule has 1 fully saturated rings. The van der Waals surface area contributed by atoms with Crippen molar-refractivity contribution in [2.75, 3.05) is 26.2 Å². The number of nitrogens with zero attached hydrogens (tertiary/aromatic N) is 1. The first-order valence-corrected chi connectivity index (χ1v) is 7.08. The number of hydrogen-bond donors (Lipinski definition) is 1. The van der Waals surface area contributed by atoms with Gasteiger partial charge in [0, 0.05) is 19.1 Å². The number of hydrogen-bond acceptors (Lipinski definition) is 3. The van der Waals surface area contributed by atoms with Gasteiger partial charge < -0.3 is 10.1 Å². The number of carbonyl (C=O) groups is 1. The van der Waals surface area contributed by atoms with Crippen molar-refractivity contribution in [2.45, 2.75) is 25.8 Å². The lowest BCUT2D eigenvalue weighted by molar-refractivity contribution is -0.123. The van der Waals surface area contributed by atoms with E-state index in [0.717, 1.165) is 13.1 Å². The lowest BCUT2D eigenvalue weighted by Gasteiger charge is -2.19. The quantitative estimate of drug-likeness (QED) is 0.789. The summed E-state index contributed by atoms with van der Waals surface area (Å²) in [6.07, 6.45) is 2.52. The van der Waals surface area contributed by atoms with Gasteiger partial charge in [0.1, 0.15) is 0 Å². The molecule has 0 aliphatic heterocycles. The monoisotopic (exact) mass is 280 g/mol. The fraction of sp³-hybridized carbons (Fsp3) is 0.533. The first kappa shape index (κ1) is 14.8. The summed E-state index contributed by atoms with van der Waals surface area (Å²) in [7, 11) is 0. The molecule has 0 heterocycles. The molecule has 20 heavy (non-hydrogen) atoms. The summed E-state index contributed by atoms with van der Waals surface area (Å²) in [6, 6.07) is 6.77. The minimum absolute atomic E-state index is 0.107. The van der Waals surface area contributed by atoms with Gasteiger partial charge in [-0.15, -0.1) is 0 Å². The Balaban J connectivity index is 1.64. The molecule has 0 saturated heterocycles. The van der Waals surface area contributed by atoms with Crippen LogP contribution in [-0.4, -0.2) is 43.1 Å². The van der Waals surface area contributed by atoms with Crippen LogP contribution in [0.5, 0.6) is 5.75 Å². The molecule has 4 nitrogen and oxygen atoms in total. The summed E-state index contributed by atoms with van der Waals surface area (Å²) in [5.74, 6) is -0.567. The van der Waals surface area contributed by atoms with Gasteiger partial charge in [-0.3, -0.25) is 9.69 Å². The van der Waals surface area contributed by atoms with Gasteiger partial charge in [0.25, 0.3) is 5.91 Å². The number of nitrogens with one attached hydrogen (secondary N) is 1. The molecule has 110 valence electrons. The second kappa shape index (κ2) is 7.24. The maximum absolute atomic E-state index is 13.3. The summed E-state index contributed by atoms with van der Waals surface area (Å²) in [4.78, 5) is 14.0. The number of para-hydroxylation sites is 1. The predicted molar refractivity (Wildman–Crippen MR) is 75.2 cm³/mol. The molecule has 1 aliphatic carbocycles. The van der Waals surface area contributed by atoms with Gasteiger partial charge in [-0.05, 0) is 31.5 Å². The summed E-state index contributed by atoms with van der Waals surface area (Å²) in [5, 5.41) is 2.79. The van der Waals surface area contributed by atoms with Gasteiger partial charge in [-0.1, -0.05) is 19.1 Å². The van der Waals surface area contributed by atoms with Gasteiger partial charge in [0.2, 0.25) is 0 Å². The van der Waals surface area contributed by atoms with Crippen molar-refractivity contribution in [1.29, 1.82) is 0 Å². The van der Waals surface area contributed by atoms with Crippen LogP contribution >= 0.6 is 0 Å².